The number of carbonyl (C=O) groups excluding carboxylic acids is 1. The van der Waals surface area contributed by atoms with Crippen molar-refractivity contribution in [3.63, 3.8) is 0 Å². The number of pyridine rings is 1. The summed E-state index contributed by atoms with van der Waals surface area (Å²) in [4.78, 5) is 21.8. The molecule has 2 N–H and O–H groups in total. The van der Waals surface area contributed by atoms with E-state index in [4.69, 9.17) is 4.98 Å². The Morgan fingerprint density at radius 2 is 1.92 bits per heavy atom. The lowest BCUT2D eigenvalue weighted by molar-refractivity contribution is -0.117. The van der Waals surface area contributed by atoms with Gasteiger partial charge in [0, 0.05) is 61.2 Å². The molecule has 5 rings (SSSR count). The molecule has 7 nitrogen and oxygen atoms in total. The molecule has 0 bridgehead atoms. The molecule has 0 atom stereocenters. The van der Waals surface area contributed by atoms with Gasteiger partial charge in [-0.1, -0.05) is 24.3 Å². The number of rotatable bonds is 8. The number of benzene rings is 1. The molecule has 0 saturated heterocycles. The number of fused-ring (bicyclic) bond motifs is 1. The summed E-state index contributed by atoms with van der Waals surface area (Å²) in [5, 5.41) is 10.6. The van der Waals surface area contributed by atoms with E-state index in [2.05, 4.69) is 42.7 Å². The summed E-state index contributed by atoms with van der Waals surface area (Å²) in [7, 11) is 0. The fourth-order valence-corrected chi connectivity index (χ4v) is 5.43. The number of aromatic nitrogens is 4. The number of hydrogen-bond acceptors (Lipinski definition) is 5. The van der Waals surface area contributed by atoms with E-state index in [-0.39, 0.29) is 29.0 Å². The Bertz CT molecular complexity index is 1410. The minimum atomic E-state index is -3.02. The average molecular weight is 583 g/mol. The van der Waals surface area contributed by atoms with Crippen molar-refractivity contribution in [2.24, 2.45) is 5.92 Å². The molecule has 1 saturated carbocycles. The zero-order chi connectivity index (χ0) is 26.7. The van der Waals surface area contributed by atoms with E-state index >= 15 is 0 Å². The summed E-state index contributed by atoms with van der Waals surface area (Å²) >= 11 is 3.56. The fraction of sp³-hybridized carbons (Fsp3) is 0.357. The van der Waals surface area contributed by atoms with Crippen LogP contribution in [0, 0.1) is 5.92 Å². The summed E-state index contributed by atoms with van der Waals surface area (Å²) in [5.41, 5.74) is 2.82. The highest BCUT2D eigenvalue weighted by Gasteiger charge is 2.29. The number of halogens is 3. The van der Waals surface area contributed by atoms with E-state index in [0.717, 1.165) is 59.8 Å². The summed E-state index contributed by atoms with van der Waals surface area (Å²) < 4.78 is 30.5. The van der Waals surface area contributed by atoms with Crippen molar-refractivity contribution >= 4 is 39.0 Å². The lowest BCUT2D eigenvalue weighted by Crippen LogP contribution is -2.22. The van der Waals surface area contributed by atoms with Crippen molar-refractivity contribution in [2.45, 2.75) is 57.4 Å². The predicted octanol–water partition coefficient (Wildman–Crippen LogP) is 6.91. The van der Waals surface area contributed by atoms with E-state index in [9.17, 15) is 13.6 Å². The number of nitrogens with zero attached hydrogens (tertiary/aromatic N) is 4. The second kappa shape index (κ2) is 11.1. The molecule has 1 amide bonds. The molecule has 198 valence electrons. The van der Waals surface area contributed by atoms with Gasteiger partial charge >= 0.3 is 0 Å². The second-order valence-corrected chi connectivity index (χ2v) is 10.8. The molecule has 10 heteroatoms. The number of alkyl halides is 2. The van der Waals surface area contributed by atoms with Crippen LogP contribution in [0.4, 0.5) is 20.3 Å². The maximum Gasteiger partial charge on any atom is 0.272 e. The Morgan fingerprint density at radius 3 is 2.66 bits per heavy atom. The molecule has 0 radical (unpaired) electrons. The van der Waals surface area contributed by atoms with Crippen LogP contribution in [0.15, 0.2) is 65.5 Å². The van der Waals surface area contributed by atoms with Crippen molar-refractivity contribution < 1.29 is 13.6 Å². The molecule has 4 aromatic rings. The van der Waals surface area contributed by atoms with Crippen molar-refractivity contribution in [1.29, 1.82) is 0 Å². The Balaban J connectivity index is 1.23. The van der Waals surface area contributed by atoms with E-state index in [1.54, 1.807) is 29.0 Å². The fourth-order valence-electron chi connectivity index (χ4n) is 5.09. The van der Waals surface area contributed by atoms with Crippen molar-refractivity contribution in [1.82, 2.24) is 19.6 Å². The zero-order valence-electron chi connectivity index (χ0n) is 21.0. The third-order valence-corrected chi connectivity index (χ3v) is 7.62. The summed E-state index contributed by atoms with van der Waals surface area (Å²) in [6.45, 7) is 1.45. The Kier molecular flexibility index (Phi) is 7.69. The number of hydrogen-bond donors (Lipinski definition) is 2. The maximum absolute atomic E-state index is 13.9. The van der Waals surface area contributed by atoms with Crippen LogP contribution in [-0.4, -0.2) is 25.5 Å². The van der Waals surface area contributed by atoms with E-state index in [1.165, 1.54) is 12.1 Å². The van der Waals surface area contributed by atoms with Crippen LogP contribution < -0.4 is 10.6 Å². The number of nitrogens with one attached hydrogen (secondary N) is 2. The molecular weight excluding hydrogens is 554 g/mol. The van der Waals surface area contributed by atoms with Crippen LogP contribution in [0.25, 0.3) is 5.65 Å². The van der Waals surface area contributed by atoms with Crippen LogP contribution >= 0.6 is 15.9 Å². The molecule has 1 fully saturated rings. The quantitative estimate of drug-likeness (QED) is 0.236. The molecule has 1 aromatic carbocycles. The third kappa shape index (κ3) is 6.01. The van der Waals surface area contributed by atoms with Gasteiger partial charge in [-0.3, -0.25) is 9.78 Å². The van der Waals surface area contributed by atoms with Crippen molar-refractivity contribution in [3.8, 4) is 0 Å². The predicted molar refractivity (Wildman–Crippen MR) is 146 cm³/mol. The first kappa shape index (κ1) is 26.2. The van der Waals surface area contributed by atoms with Crippen LogP contribution in [0.2, 0.25) is 0 Å². The zero-order valence-corrected chi connectivity index (χ0v) is 22.6. The van der Waals surface area contributed by atoms with Gasteiger partial charge in [-0.2, -0.15) is 9.61 Å². The largest absolute Gasteiger partial charge is 0.366 e. The van der Waals surface area contributed by atoms with Crippen LogP contribution in [0.1, 0.15) is 61.8 Å². The Hall–Kier alpha value is -3.40. The number of para-hydroxylation sites is 1. The highest BCUT2D eigenvalue weighted by atomic mass is 79.9. The molecule has 0 unspecified atom stereocenters. The van der Waals surface area contributed by atoms with Gasteiger partial charge in [0.1, 0.15) is 5.82 Å². The number of anilines is 2. The van der Waals surface area contributed by atoms with Gasteiger partial charge in [0.15, 0.2) is 5.65 Å². The van der Waals surface area contributed by atoms with Gasteiger partial charge in [0.05, 0.1) is 10.7 Å². The minimum absolute atomic E-state index is 0.169. The molecular formula is C28H29BrF2N6O. The van der Waals surface area contributed by atoms with E-state index in [1.807, 2.05) is 18.3 Å². The van der Waals surface area contributed by atoms with E-state index in [0.29, 0.717) is 13.0 Å². The molecule has 1 aliphatic carbocycles. The lowest BCUT2D eigenvalue weighted by atomic mass is 9.79. The van der Waals surface area contributed by atoms with E-state index < -0.39 is 5.92 Å². The minimum Gasteiger partial charge on any atom is -0.366 e. The van der Waals surface area contributed by atoms with Crippen LogP contribution in [0.5, 0.6) is 0 Å². The van der Waals surface area contributed by atoms with Gasteiger partial charge < -0.3 is 10.6 Å². The van der Waals surface area contributed by atoms with Gasteiger partial charge in [0.2, 0.25) is 5.91 Å². The number of amides is 1. The molecule has 3 aromatic heterocycles. The highest BCUT2D eigenvalue weighted by Crippen LogP contribution is 2.38. The van der Waals surface area contributed by atoms with Crippen LogP contribution in [0.3, 0.4) is 0 Å². The molecule has 0 spiro atoms. The smallest absolute Gasteiger partial charge is 0.272 e. The molecule has 38 heavy (non-hydrogen) atoms. The van der Waals surface area contributed by atoms with Gasteiger partial charge in [-0.05, 0) is 65.2 Å². The standard InChI is InChI=1S/C28H29BrF2N6O/c1-28(30,31)21-6-2-3-7-23(21)35-26(38)13-18-8-10-20(11-9-18)24-14-25(33-16-19-5-4-12-32-15-19)37-27(36-24)22(29)17-34-37/h2-7,12,14-15,17-18,20,33H,8-11,13,16H2,1H3,(H,35,38). The summed E-state index contributed by atoms with van der Waals surface area (Å²) in [5.74, 6) is -1.93. The highest BCUT2D eigenvalue weighted by molar-refractivity contribution is 9.10. The monoisotopic (exact) mass is 582 g/mol. The maximum atomic E-state index is 13.9. The normalized spacial score (nSPS) is 17.9. The first-order valence-electron chi connectivity index (χ1n) is 12.7. The van der Waals surface area contributed by atoms with Gasteiger partial charge in [-0.25, -0.2) is 13.8 Å². The molecule has 3 heterocycles. The summed E-state index contributed by atoms with van der Waals surface area (Å²) in [6.07, 6.45) is 9.18. The first-order chi connectivity index (χ1) is 18.3. The lowest BCUT2D eigenvalue weighted by Gasteiger charge is -2.28. The van der Waals surface area contributed by atoms with Crippen molar-refractivity contribution in [2.75, 3.05) is 10.6 Å². The average Bonchev–Trinajstić information content (AvgIpc) is 3.28. The Labute approximate surface area is 228 Å². The van der Waals surface area contributed by atoms with Gasteiger partial charge in [-0.15, -0.1) is 0 Å². The SMILES string of the molecule is CC(F)(F)c1ccccc1NC(=O)CC1CCC(c2cc(NCc3cccnc3)n3ncc(Br)c3n2)CC1. The second-order valence-electron chi connectivity index (χ2n) is 9.91. The number of carbonyl (C=O) groups is 1. The molecule has 0 aliphatic heterocycles. The summed E-state index contributed by atoms with van der Waals surface area (Å²) in [6, 6.07) is 12.1. The van der Waals surface area contributed by atoms with Gasteiger partial charge in [0.25, 0.3) is 5.92 Å². The topological polar surface area (TPSA) is 84.2 Å². The van der Waals surface area contributed by atoms with Crippen LogP contribution in [-0.2, 0) is 17.3 Å². The third-order valence-electron chi connectivity index (χ3n) is 7.06. The van der Waals surface area contributed by atoms with Crippen molar-refractivity contribution in [3.05, 3.63) is 82.3 Å². The first-order valence-corrected chi connectivity index (χ1v) is 13.5. The molecule has 1 aliphatic rings. The Morgan fingerprint density at radius 1 is 1.13 bits per heavy atom.